The molecule has 1 aliphatic rings. The molecular formula is C15H22BrNOS. The number of aryl methyl sites for hydroxylation is 1. The molecule has 0 saturated carbocycles. The van der Waals surface area contributed by atoms with Crippen molar-refractivity contribution in [1.82, 2.24) is 4.90 Å². The molecule has 2 nitrogen and oxygen atoms in total. The normalized spacial score (nSPS) is 20.7. The van der Waals surface area contributed by atoms with Crippen LogP contribution in [0.15, 0.2) is 9.85 Å². The van der Waals surface area contributed by atoms with Crippen LogP contribution < -0.4 is 0 Å². The predicted octanol–water partition coefficient (Wildman–Crippen LogP) is 4.72. The highest BCUT2D eigenvalue weighted by molar-refractivity contribution is 9.11. The summed E-state index contributed by atoms with van der Waals surface area (Å²) in [6.07, 6.45) is 3.55. The van der Waals surface area contributed by atoms with E-state index >= 15 is 0 Å². The van der Waals surface area contributed by atoms with E-state index in [9.17, 15) is 4.79 Å². The fourth-order valence-corrected chi connectivity index (χ4v) is 4.22. The number of amides is 1. The molecule has 1 saturated heterocycles. The van der Waals surface area contributed by atoms with E-state index in [0.29, 0.717) is 0 Å². The maximum atomic E-state index is 12.5. The largest absolute Gasteiger partial charge is 0.338 e. The van der Waals surface area contributed by atoms with Crippen LogP contribution >= 0.6 is 27.3 Å². The van der Waals surface area contributed by atoms with E-state index in [2.05, 4.69) is 29.8 Å². The third-order valence-electron chi connectivity index (χ3n) is 4.07. The Labute approximate surface area is 128 Å². The lowest BCUT2D eigenvalue weighted by atomic mass is 9.89. The number of likely N-dealkylation sites (tertiary alicyclic amines) is 1. The van der Waals surface area contributed by atoms with E-state index in [1.165, 1.54) is 6.42 Å². The summed E-state index contributed by atoms with van der Waals surface area (Å²) in [6, 6.07) is 2.00. The second kappa shape index (κ2) is 6.40. The minimum absolute atomic E-state index is 0.211. The van der Waals surface area contributed by atoms with Crippen LogP contribution in [0, 0.1) is 18.8 Å². The number of thiophene rings is 1. The van der Waals surface area contributed by atoms with Crippen LogP contribution in [-0.2, 0) is 0 Å². The standard InChI is InChI=1S/C15H22BrNOS/c1-10(2)12-5-4-7-17(8-6-12)15(18)13-9-11(3)14(16)19-13/h9-10,12H,4-8H2,1-3H3. The highest BCUT2D eigenvalue weighted by atomic mass is 79.9. The molecule has 4 heteroatoms. The molecule has 0 aliphatic carbocycles. The third-order valence-corrected chi connectivity index (χ3v) is 6.20. The molecular weight excluding hydrogens is 322 g/mol. The van der Waals surface area contributed by atoms with Gasteiger partial charge in [-0.25, -0.2) is 0 Å². The van der Waals surface area contributed by atoms with Crippen molar-refractivity contribution in [2.24, 2.45) is 11.8 Å². The highest BCUT2D eigenvalue weighted by Crippen LogP contribution is 2.30. The zero-order valence-corrected chi connectivity index (χ0v) is 14.3. The lowest BCUT2D eigenvalue weighted by molar-refractivity contribution is 0.0763. The van der Waals surface area contributed by atoms with Gasteiger partial charge in [-0.05, 0) is 65.6 Å². The first-order valence-electron chi connectivity index (χ1n) is 7.04. The monoisotopic (exact) mass is 343 g/mol. The maximum absolute atomic E-state index is 12.5. The summed E-state index contributed by atoms with van der Waals surface area (Å²) < 4.78 is 1.07. The molecule has 1 aliphatic heterocycles. The second-order valence-electron chi connectivity index (χ2n) is 5.79. The van der Waals surface area contributed by atoms with Gasteiger partial charge in [0.1, 0.15) is 0 Å². The van der Waals surface area contributed by atoms with Gasteiger partial charge >= 0.3 is 0 Å². The van der Waals surface area contributed by atoms with Crippen molar-refractivity contribution in [1.29, 1.82) is 0 Å². The van der Waals surface area contributed by atoms with E-state index in [1.807, 2.05) is 17.9 Å². The first-order chi connectivity index (χ1) is 8.99. The number of rotatable bonds is 2. The third kappa shape index (κ3) is 3.60. The van der Waals surface area contributed by atoms with Crippen LogP contribution in [0.1, 0.15) is 48.3 Å². The zero-order valence-electron chi connectivity index (χ0n) is 11.9. The summed E-state index contributed by atoms with van der Waals surface area (Å²) in [5.74, 6) is 1.71. The summed E-state index contributed by atoms with van der Waals surface area (Å²) in [4.78, 5) is 15.4. The van der Waals surface area contributed by atoms with Gasteiger partial charge in [-0.1, -0.05) is 13.8 Å². The van der Waals surface area contributed by atoms with Gasteiger partial charge in [0.15, 0.2) is 0 Å². The number of hydrogen-bond acceptors (Lipinski definition) is 2. The molecule has 1 amide bonds. The Hall–Kier alpha value is -0.350. The number of halogens is 1. The van der Waals surface area contributed by atoms with Gasteiger partial charge in [-0.3, -0.25) is 4.79 Å². The van der Waals surface area contributed by atoms with Gasteiger partial charge < -0.3 is 4.90 Å². The van der Waals surface area contributed by atoms with Crippen molar-refractivity contribution in [3.63, 3.8) is 0 Å². The van der Waals surface area contributed by atoms with Gasteiger partial charge in [-0.15, -0.1) is 11.3 Å². The first-order valence-corrected chi connectivity index (χ1v) is 8.65. The lowest BCUT2D eigenvalue weighted by Gasteiger charge is -2.21. The molecule has 1 atom stereocenters. The molecule has 19 heavy (non-hydrogen) atoms. The maximum Gasteiger partial charge on any atom is 0.263 e. The molecule has 2 heterocycles. The van der Waals surface area contributed by atoms with Gasteiger partial charge in [0.25, 0.3) is 5.91 Å². The topological polar surface area (TPSA) is 20.3 Å². The fraction of sp³-hybridized carbons (Fsp3) is 0.667. The van der Waals surface area contributed by atoms with Crippen LogP contribution in [0.25, 0.3) is 0 Å². The van der Waals surface area contributed by atoms with Crippen molar-refractivity contribution in [3.05, 3.63) is 20.3 Å². The van der Waals surface area contributed by atoms with E-state index < -0.39 is 0 Å². The van der Waals surface area contributed by atoms with Crippen LogP contribution in [0.4, 0.5) is 0 Å². The molecule has 0 spiro atoms. The van der Waals surface area contributed by atoms with E-state index in [4.69, 9.17) is 0 Å². The Morgan fingerprint density at radius 3 is 2.74 bits per heavy atom. The molecule has 0 bridgehead atoms. The zero-order chi connectivity index (χ0) is 14.0. The number of hydrogen-bond donors (Lipinski definition) is 0. The van der Waals surface area contributed by atoms with Crippen molar-refractivity contribution in [2.75, 3.05) is 13.1 Å². The van der Waals surface area contributed by atoms with Gasteiger partial charge in [0, 0.05) is 13.1 Å². The van der Waals surface area contributed by atoms with Crippen molar-refractivity contribution >= 4 is 33.2 Å². The van der Waals surface area contributed by atoms with Crippen LogP contribution in [0.3, 0.4) is 0 Å². The smallest absolute Gasteiger partial charge is 0.263 e. The molecule has 1 aromatic heterocycles. The Balaban J connectivity index is 2.04. The predicted molar refractivity (Wildman–Crippen MR) is 84.8 cm³/mol. The van der Waals surface area contributed by atoms with E-state index in [-0.39, 0.29) is 5.91 Å². The Morgan fingerprint density at radius 1 is 1.42 bits per heavy atom. The summed E-state index contributed by atoms with van der Waals surface area (Å²) in [6.45, 7) is 8.45. The average Bonchev–Trinajstić information content (AvgIpc) is 2.59. The Morgan fingerprint density at radius 2 is 2.16 bits per heavy atom. The van der Waals surface area contributed by atoms with Crippen LogP contribution in [-0.4, -0.2) is 23.9 Å². The summed E-state index contributed by atoms with van der Waals surface area (Å²) in [5, 5.41) is 0. The van der Waals surface area contributed by atoms with E-state index in [1.54, 1.807) is 11.3 Å². The lowest BCUT2D eigenvalue weighted by Crippen LogP contribution is -2.31. The second-order valence-corrected chi connectivity index (χ2v) is 8.16. The fourth-order valence-electron chi connectivity index (χ4n) is 2.71. The minimum atomic E-state index is 0.211. The summed E-state index contributed by atoms with van der Waals surface area (Å²) in [5.41, 5.74) is 1.16. The minimum Gasteiger partial charge on any atom is -0.338 e. The van der Waals surface area contributed by atoms with Crippen LogP contribution in [0.2, 0.25) is 0 Å². The average molecular weight is 344 g/mol. The van der Waals surface area contributed by atoms with Crippen LogP contribution in [0.5, 0.6) is 0 Å². The molecule has 106 valence electrons. The SMILES string of the molecule is Cc1cc(C(=O)N2CCCC(C(C)C)CC2)sc1Br. The quantitative estimate of drug-likeness (QED) is 0.760. The number of nitrogens with zero attached hydrogens (tertiary/aromatic N) is 1. The summed E-state index contributed by atoms with van der Waals surface area (Å²) >= 11 is 5.06. The first kappa shape index (κ1) is 15.0. The van der Waals surface area contributed by atoms with Gasteiger partial charge in [-0.2, -0.15) is 0 Å². The molecule has 0 N–H and O–H groups in total. The van der Waals surface area contributed by atoms with Gasteiger partial charge in [0.05, 0.1) is 8.66 Å². The molecule has 2 rings (SSSR count). The molecule has 0 radical (unpaired) electrons. The van der Waals surface area contributed by atoms with Crippen molar-refractivity contribution < 1.29 is 4.79 Å². The number of carbonyl (C=O) groups excluding carboxylic acids is 1. The van der Waals surface area contributed by atoms with Gasteiger partial charge in [0.2, 0.25) is 0 Å². The van der Waals surface area contributed by atoms with Crippen molar-refractivity contribution in [2.45, 2.75) is 40.0 Å². The Kier molecular flexibility index (Phi) is 5.07. The molecule has 1 aromatic rings. The molecule has 1 unspecified atom stereocenters. The van der Waals surface area contributed by atoms with E-state index in [0.717, 1.165) is 52.0 Å². The molecule has 0 aromatic carbocycles. The van der Waals surface area contributed by atoms with Crippen molar-refractivity contribution in [3.8, 4) is 0 Å². The molecule has 1 fully saturated rings. The number of carbonyl (C=O) groups is 1. The Bertz CT molecular complexity index is 435. The highest BCUT2D eigenvalue weighted by Gasteiger charge is 2.24. The summed E-state index contributed by atoms with van der Waals surface area (Å²) in [7, 11) is 0.